The minimum atomic E-state index is 0.530. The van der Waals surface area contributed by atoms with Crippen LogP contribution in [0.15, 0.2) is 22.1 Å². The molecule has 9 heavy (non-hydrogen) atoms. The second-order valence-electron chi connectivity index (χ2n) is 1.38. The Balaban J connectivity index is 0.000000187. The van der Waals surface area contributed by atoms with Crippen molar-refractivity contribution in [1.82, 2.24) is 0 Å². The van der Waals surface area contributed by atoms with Crippen LogP contribution in [-0.4, -0.2) is 0 Å². The molecule has 0 saturated heterocycles. The predicted molar refractivity (Wildman–Crippen MR) is 49.9 cm³/mol. The van der Waals surface area contributed by atoms with Gasteiger partial charge in [0, 0.05) is 0 Å². The quantitative estimate of drug-likeness (QED) is 0.333. The molecule has 1 rings (SSSR count). The summed E-state index contributed by atoms with van der Waals surface area (Å²) >= 11 is 7.44. The molecule has 0 heterocycles. The molecule has 0 N–H and O–H groups in total. The molecule has 4 heteroatoms. The van der Waals surface area contributed by atoms with Gasteiger partial charge in [0.05, 0.1) is 0 Å². The molecule has 0 aromatic carbocycles. The van der Waals surface area contributed by atoms with Gasteiger partial charge in [-0.15, -0.1) is 0 Å². The van der Waals surface area contributed by atoms with Crippen LogP contribution < -0.4 is 13.3 Å². The first-order valence-corrected chi connectivity index (χ1v) is 15.6. The third-order valence-corrected chi connectivity index (χ3v) is 1.35. The molecule has 51 valence electrons. The molecule has 0 aliphatic heterocycles. The molecule has 0 atom stereocenters. The normalized spacial score (nSPS) is 14.6. The fraction of sp³-hybridized carbons (Fsp3) is 0.200. The van der Waals surface area contributed by atoms with Gasteiger partial charge in [-0.2, -0.15) is 0 Å². The summed E-state index contributed by atoms with van der Waals surface area (Å²) in [6.45, 7) is 0. The Hall–Kier alpha value is 2.38. The average molecular weight is 494 g/mol. The maximum absolute atomic E-state index is 2.39. The summed E-state index contributed by atoms with van der Waals surface area (Å²) in [5.74, 6) is 0. The van der Waals surface area contributed by atoms with E-state index in [1.165, 1.54) is 10.3 Å². The molecule has 1 aliphatic carbocycles. The summed E-state index contributed by atoms with van der Waals surface area (Å²) in [5.41, 5.74) is 0. The Labute approximate surface area is 97.3 Å². The van der Waals surface area contributed by atoms with Crippen molar-refractivity contribution in [3.05, 3.63) is 22.1 Å². The van der Waals surface area contributed by atoms with E-state index in [1.807, 2.05) is 0 Å². The van der Waals surface area contributed by atoms with Crippen LogP contribution in [0.1, 0.15) is 6.42 Å². The molecule has 0 fully saturated rings. The Morgan fingerprint density at radius 3 is 2.22 bits per heavy atom. The van der Waals surface area contributed by atoms with E-state index in [4.69, 9.17) is 0 Å². The second-order valence-corrected chi connectivity index (χ2v) is 18.6. The van der Waals surface area contributed by atoms with Gasteiger partial charge >= 0.3 is 99.4 Å². The number of allylic oxidation sites excluding steroid dienone is 4. The van der Waals surface area contributed by atoms with Gasteiger partial charge in [0.2, 0.25) is 0 Å². The molecule has 0 saturated carbocycles. The van der Waals surface area contributed by atoms with Crippen LogP contribution in [0.5, 0.6) is 0 Å². The van der Waals surface area contributed by atoms with Gasteiger partial charge in [0.25, 0.3) is 0 Å². The first-order chi connectivity index (χ1) is 4.31. The van der Waals surface area contributed by atoms with Gasteiger partial charge in [0.15, 0.2) is 0 Å². The monoisotopic (exact) mass is 494 g/mol. The predicted octanol–water partition coefficient (Wildman–Crippen LogP) is 0.152. The van der Waals surface area contributed by atoms with E-state index in [1.54, 1.807) is 0 Å². The van der Waals surface area contributed by atoms with Crippen molar-refractivity contribution in [3.63, 3.8) is 0 Å². The van der Waals surface area contributed by atoms with Crippen LogP contribution in [0, 0.1) is 0 Å². The van der Waals surface area contributed by atoms with E-state index < -0.39 is 0 Å². The van der Waals surface area contributed by atoms with Crippen molar-refractivity contribution < 1.29 is 33.7 Å². The Kier molecular flexibility index (Phi) is 10.7. The minimum absolute atomic E-state index is 0.530. The van der Waals surface area contributed by atoms with E-state index in [-0.39, 0.29) is 0 Å². The standard InChI is InChI=1S/C5H5.I3.Ti/c1-2-4-5-3-1;1-3-2;/h1-3H,4H2;;/q;-1;. The molecule has 0 bridgehead atoms. The van der Waals surface area contributed by atoms with E-state index in [9.17, 15) is 0 Å². The molecular weight excluding hydrogens is 489 g/mol. The van der Waals surface area contributed by atoms with Crippen LogP contribution in [0.2, 0.25) is 0 Å². The summed E-state index contributed by atoms with van der Waals surface area (Å²) in [7, 11) is 0. The van der Waals surface area contributed by atoms with E-state index >= 15 is 0 Å². The molecule has 0 amide bonds. The van der Waals surface area contributed by atoms with Crippen molar-refractivity contribution in [2.75, 3.05) is 0 Å². The fourth-order valence-corrected chi connectivity index (χ4v) is 0.782. The first kappa shape index (κ1) is 11.4. The molecule has 0 nitrogen and oxygen atoms in total. The molecule has 0 unspecified atom stereocenters. The van der Waals surface area contributed by atoms with Crippen LogP contribution >= 0.6 is 37.2 Å². The van der Waals surface area contributed by atoms with Gasteiger partial charge in [-0.1, -0.05) is 0 Å². The van der Waals surface area contributed by atoms with E-state index in [0.717, 1.165) is 0 Å². The molecule has 0 spiro atoms. The Morgan fingerprint density at radius 1 is 1.56 bits per heavy atom. The third kappa shape index (κ3) is 8.29. The SMILES string of the molecule is I[I-]I.[Ti][C]1=CC=CC1. The summed E-state index contributed by atoms with van der Waals surface area (Å²) in [6, 6.07) is 0. The van der Waals surface area contributed by atoms with Gasteiger partial charge < -0.3 is 0 Å². The fourth-order valence-electron chi connectivity index (χ4n) is 0.447. The van der Waals surface area contributed by atoms with Gasteiger partial charge in [-0.25, -0.2) is 0 Å². The summed E-state index contributed by atoms with van der Waals surface area (Å²) in [5, 5.41) is 0. The van der Waals surface area contributed by atoms with E-state index in [2.05, 4.69) is 75.9 Å². The second kappa shape index (κ2) is 8.48. The zero-order chi connectivity index (χ0) is 7.11. The van der Waals surface area contributed by atoms with Crippen molar-refractivity contribution in [2.24, 2.45) is 0 Å². The summed E-state index contributed by atoms with van der Waals surface area (Å²) < 4.78 is 1.47. The number of hydrogen-bond acceptors (Lipinski definition) is 0. The topological polar surface area (TPSA) is 0 Å². The summed E-state index contributed by atoms with van der Waals surface area (Å²) in [4.78, 5) is 0. The molecule has 0 aromatic heterocycles. The number of halogens is 3. The van der Waals surface area contributed by atoms with Gasteiger partial charge in [0.1, 0.15) is 0 Å². The average Bonchev–Trinajstić information content (AvgIpc) is 2.20. The summed E-state index contributed by atoms with van der Waals surface area (Å²) in [6.07, 6.45) is 7.56. The van der Waals surface area contributed by atoms with Gasteiger partial charge in [-0.3, -0.25) is 0 Å². The van der Waals surface area contributed by atoms with Crippen molar-refractivity contribution in [3.8, 4) is 0 Å². The number of hydrogen-bond donors (Lipinski definition) is 0. The zero-order valence-corrected chi connectivity index (χ0v) is 12.6. The molecule has 0 aromatic rings. The zero-order valence-electron chi connectivity index (χ0n) is 4.57. The van der Waals surface area contributed by atoms with Crippen LogP contribution in [-0.2, 0) is 20.4 Å². The number of rotatable bonds is 0. The Bertz CT molecular complexity index is 119. The molecule has 1 aliphatic rings. The molecule has 0 radical (unpaired) electrons. The Morgan fingerprint density at radius 2 is 2.11 bits per heavy atom. The van der Waals surface area contributed by atoms with Crippen molar-refractivity contribution in [1.29, 1.82) is 0 Å². The van der Waals surface area contributed by atoms with Crippen LogP contribution in [0.3, 0.4) is 0 Å². The van der Waals surface area contributed by atoms with E-state index in [0.29, 0.717) is 13.3 Å². The molecular formula is C5H5I3Ti-. The van der Waals surface area contributed by atoms with Crippen LogP contribution in [0.25, 0.3) is 0 Å². The third-order valence-electron chi connectivity index (χ3n) is 0.771. The first-order valence-electron chi connectivity index (χ1n) is 2.25. The maximum atomic E-state index is 2.39. The van der Waals surface area contributed by atoms with Crippen LogP contribution in [0.4, 0.5) is 0 Å². The van der Waals surface area contributed by atoms with Crippen molar-refractivity contribution >= 4 is 37.2 Å². The van der Waals surface area contributed by atoms with Crippen molar-refractivity contribution in [2.45, 2.75) is 6.42 Å². The van der Waals surface area contributed by atoms with Gasteiger partial charge in [-0.05, 0) is 0 Å².